The van der Waals surface area contributed by atoms with Crippen molar-refractivity contribution in [3.63, 3.8) is 0 Å². The number of thiazole rings is 1. The molecule has 1 unspecified atom stereocenters. The third kappa shape index (κ3) is 3.19. The minimum absolute atomic E-state index is 0.0743. The van der Waals surface area contributed by atoms with Crippen LogP contribution in [0.25, 0.3) is 0 Å². The molecule has 0 aromatic carbocycles. The fourth-order valence-corrected chi connectivity index (χ4v) is 2.72. The second-order valence-corrected chi connectivity index (χ2v) is 5.55. The summed E-state index contributed by atoms with van der Waals surface area (Å²) in [6.45, 7) is 4.05. The second kappa shape index (κ2) is 6.56. The Kier molecular flexibility index (Phi) is 4.79. The van der Waals surface area contributed by atoms with Crippen LogP contribution in [0, 0.1) is 0 Å². The van der Waals surface area contributed by atoms with Crippen LogP contribution in [0.4, 0.5) is 0 Å². The van der Waals surface area contributed by atoms with Crippen LogP contribution in [0.2, 0.25) is 0 Å². The highest BCUT2D eigenvalue weighted by Crippen LogP contribution is 2.19. The standard InChI is InChI=1S/C14H18N4OS/c1-4-5-13-17-12(8-20-13)14(19)18(3)10(2)11-6-7-15-9-16-11/h6-10H,4-5H2,1-3H3. The number of nitrogens with zero attached hydrogens (tertiary/aromatic N) is 4. The Labute approximate surface area is 122 Å². The molecule has 2 aromatic heterocycles. The van der Waals surface area contributed by atoms with Crippen LogP contribution in [0.5, 0.6) is 0 Å². The SMILES string of the molecule is CCCc1nc(C(=O)N(C)C(C)c2ccncn2)cs1. The molecule has 0 spiro atoms. The van der Waals surface area contributed by atoms with Crippen LogP contribution >= 0.6 is 11.3 Å². The van der Waals surface area contributed by atoms with Gasteiger partial charge in [0.25, 0.3) is 5.91 Å². The van der Waals surface area contributed by atoms with Crippen LogP contribution in [-0.4, -0.2) is 32.8 Å². The van der Waals surface area contributed by atoms with E-state index < -0.39 is 0 Å². The number of amides is 1. The van der Waals surface area contributed by atoms with Gasteiger partial charge in [-0.2, -0.15) is 0 Å². The van der Waals surface area contributed by atoms with Gasteiger partial charge in [0.05, 0.1) is 16.7 Å². The van der Waals surface area contributed by atoms with Gasteiger partial charge in [0.15, 0.2) is 0 Å². The lowest BCUT2D eigenvalue weighted by molar-refractivity contribution is 0.0734. The van der Waals surface area contributed by atoms with E-state index in [-0.39, 0.29) is 11.9 Å². The van der Waals surface area contributed by atoms with Gasteiger partial charge in [-0.25, -0.2) is 15.0 Å². The third-order valence-electron chi connectivity index (χ3n) is 3.17. The van der Waals surface area contributed by atoms with Crippen LogP contribution in [0.1, 0.15) is 47.5 Å². The van der Waals surface area contributed by atoms with E-state index in [0.717, 1.165) is 23.5 Å². The Bertz CT molecular complexity index is 570. The lowest BCUT2D eigenvalue weighted by Crippen LogP contribution is -2.30. The highest BCUT2D eigenvalue weighted by atomic mass is 32.1. The molecule has 6 heteroatoms. The molecule has 1 atom stereocenters. The Hall–Kier alpha value is -1.82. The summed E-state index contributed by atoms with van der Waals surface area (Å²) in [6, 6.07) is 1.71. The predicted molar refractivity (Wildman–Crippen MR) is 78.6 cm³/mol. The second-order valence-electron chi connectivity index (χ2n) is 4.60. The first-order valence-electron chi connectivity index (χ1n) is 6.61. The van der Waals surface area contributed by atoms with Crippen molar-refractivity contribution >= 4 is 17.2 Å². The van der Waals surface area contributed by atoms with Gasteiger partial charge < -0.3 is 4.90 Å². The van der Waals surface area contributed by atoms with E-state index in [9.17, 15) is 4.79 Å². The first-order chi connectivity index (χ1) is 9.63. The summed E-state index contributed by atoms with van der Waals surface area (Å²) in [5, 5.41) is 2.84. The van der Waals surface area contributed by atoms with Crippen molar-refractivity contribution in [3.8, 4) is 0 Å². The summed E-state index contributed by atoms with van der Waals surface area (Å²) < 4.78 is 0. The minimum Gasteiger partial charge on any atom is -0.332 e. The molecule has 0 N–H and O–H groups in total. The molecule has 0 aliphatic heterocycles. The Morgan fingerprint density at radius 3 is 2.95 bits per heavy atom. The van der Waals surface area contributed by atoms with Gasteiger partial charge in [0.1, 0.15) is 12.0 Å². The Morgan fingerprint density at radius 1 is 1.50 bits per heavy atom. The van der Waals surface area contributed by atoms with E-state index >= 15 is 0 Å². The lowest BCUT2D eigenvalue weighted by Gasteiger charge is -2.23. The van der Waals surface area contributed by atoms with Gasteiger partial charge in [0, 0.05) is 18.6 Å². The van der Waals surface area contributed by atoms with Crippen molar-refractivity contribution in [2.75, 3.05) is 7.05 Å². The number of rotatable bonds is 5. The van der Waals surface area contributed by atoms with E-state index in [1.54, 1.807) is 29.5 Å². The fraction of sp³-hybridized carbons (Fsp3) is 0.429. The monoisotopic (exact) mass is 290 g/mol. The number of hydrogen-bond acceptors (Lipinski definition) is 5. The lowest BCUT2D eigenvalue weighted by atomic mass is 10.2. The van der Waals surface area contributed by atoms with E-state index in [0.29, 0.717) is 5.69 Å². The van der Waals surface area contributed by atoms with Gasteiger partial charge >= 0.3 is 0 Å². The third-order valence-corrected chi connectivity index (χ3v) is 4.08. The van der Waals surface area contributed by atoms with E-state index in [2.05, 4.69) is 21.9 Å². The largest absolute Gasteiger partial charge is 0.332 e. The Morgan fingerprint density at radius 2 is 2.30 bits per heavy atom. The molecule has 0 fully saturated rings. The fourth-order valence-electron chi connectivity index (χ4n) is 1.84. The molecule has 1 amide bonds. The van der Waals surface area contributed by atoms with Crippen molar-refractivity contribution in [2.45, 2.75) is 32.7 Å². The summed E-state index contributed by atoms with van der Waals surface area (Å²) in [7, 11) is 1.77. The molecule has 20 heavy (non-hydrogen) atoms. The Balaban J connectivity index is 2.11. The summed E-state index contributed by atoms with van der Waals surface area (Å²) in [6.07, 6.45) is 5.13. The van der Waals surface area contributed by atoms with Gasteiger partial charge in [-0.05, 0) is 25.8 Å². The zero-order valence-corrected chi connectivity index (χ0v) is 12.7. The number of aryl methyl sites for hydroxylation is 1. The molecular formula is C14H18N4OS. The molecule has 106 valence electrons. The molecule has 0 saturated carbocycles. The van der Waals surface area contributed by atoms with E-state index in [1.165, 1.54) is 6.33 Å². The van der Waals surface area contributed by atoms with Crippen molar-refractivity contribution < 1.29 is 4.79 Å². The first kappa shape index (κ1) is 14.6. The molecule has 5 nitrogen and oxygen atoms in total. The summed E-state index contributed by atoms with van der Waals surface area (Å²) in [5.74, 6) is -0.0743. The summed E-state index contributed by atoms with van der Waals surface area (Å²) >= 11 is 1.54. The molecule has 0 aliphatic rings. The van der Waals surface area contributed by atoms with E-state index in [1.807, 2.05) is 18.4 Å². The maximum Gasteiger partial charge on any atom is 0.273 e. The highest BCUT2D eigenvalue weighted by molar-refractivity contribution is 7.09. The number of hydrogen-bond donors (Lipinski definition) is 0. The van der Waals surface area contributed by atoms with E-state index in [4.69, 9.17) is 0 Å². The van der Waals surface area contributed by atoms with Crippen molar-refractivity contribution in [1.82, 2.24) is 19.9 Å². The summed E-state index contributed by atoms with van der Waals surface area (Å²) in [5.41, 5.74) is 1.33. The average Bonchev–Trinajstić information content (AvgIpc) is 2.95. The number of aromatic nitrogens is 3. The smallest absolute Gasteiger partial charge is 0.273 e. The summed E-state index contributed by atoms with van der Waals surface area (Å²) in [4.78, 5) is 26.5. The van der Waals surface area contributed by atoms with Gasteiger partial charge in [-0.3, -0.25) is 4.79 Å². The average molecular weight is 290 g/mol. The maximum absolute atomic E-state index is 12.4. The zero-order valence-electron chi connectivity index (χ0n) is 11.9. The quantitative estimate of drug-likeness (QED) is 0.849. The molecule has 0 aliphatic carbocycles. The molecule has 0 saturated heterocycles. The maximum atomic E-state index is 12.4. The number of carbonyl (C=O) groups is 1. The highest BCUT2D eigenvalue weighted by Gasteiger charge is 2.21. The van der Waals surface area contributed by atoms with Gasteiger partial charge in [-0.15, -0.1) is 11.3 Å². The van der Waals surface area contributed by atoms with Crippen molar-refractivity contribution in [1.29, 1.82) is 0 Å². The van der Waals surface area contributed by atoms with Gasteiger partial charge in [-0.1, -0.05) is 6.92 Å². The molecule has 2 aromatic rings. The predicted octanol–water partition coefficient (Wildman–Crippen LogP) is 2.72. The van der Waals surface area contributed by atoms with Crippen LogP contribution in [-0.2, 0) is 6.42 Å². The van der Waals surface area contributed by atoms with Crippen LogP contribution in [0.3, 0.4) is 0 Å². The zero-order chi connectivity index (χ0) is 14.5. The van der Waals surface area contributed by atoms with Crippen LogP contribution in [0.15, 0.2) is 24.0 Å². The first-order valence-corrected chi connectivity index (χ1v) is 7.49. The number of carbonyl (C=O) groups excluding carboxylic acids is 1. The minimum atomic E-state index is -0.109. The molecule has 2 rings (SSSR count). The molecule has 2 heterocycles. The normalized spacial score (nSPS) is 12.2. The molecular weight excluding hydrogens is 272 g/mol. The topological polar surface area (TPSA) is 59.0 Å². The molecule has 0 radical (unpaired) electrons. The molecule has 0 bridgehead atoms. The van der Waals surface area contributed by atoms with Crippen molar-refractivity contribution in [3.05, 3.63) is 40.4 Å². The van der Waals surface area contributed by atoms with Crippen LogP contribution < -0.4 is 0 Å². The van der Waals surface area contributed by atoms with Crippen molar-refractivity contribution in [2.24, 2.45) is 0 Å². The van der Waals surface area contributed by atoms with Gasteiger partial charge in [0.2, 0.25) is 0 Å².